The number of aromatic nitrogens is 2. The summed E-state index contributed by atoms with van der Waals surface area (Å²) in [6.45, 7) is -0.186. The first-order chi connectivity index (χ1) is 12.9. The number of aliphatic hydroxyl groups excluding tert-OH is 1. The van der Waals surface area contributed by atoms with Crippen LogP contribution in [0.3, 0.4) is 0 Å². The molecule has 146 valence electrons. The van der Waals surface area contributed by atoms with Crippen LogP contribution in [-0.2, 0) is 21.2 Å². The number of hydrogen-bond acceptors (Lipinski definition) is 5. The summed E-state index contributed by atoms with van der Waals surface area (Å²) >= 11 is 0. The molecular formula is C18H23N3O5S. The first kappa shape index (κ1) is 19.5. The van der Waals surface area contributed by atoms with Crippen LogP contribution in [0.1, 0.15) is 24.8 Å². The summed E-state index contributed by atoms with van der Waals surface area (Å²) in [6.07, 6.45) is 2.83. The second kappa shape index (κ2) is 7.79. The van der Waals surface area contributed by atoms with Gasteiger partial charge in [-0.1, -0.05) is 30.3 Å². The number of sulfonamides is 1. The van der Waals surface area contributed by atoms with Crippen LogP contribution < -0.4 is 0 Å². The lowest BCUT2D eigenvalue weighted by Gasteiger charge is -2.42. The van der Waals surface area contributed by atoms with Crippen LogP contribution in [0.25, 0.3) is 0 Å². The van der Waals surface area contributed by atoms with E-state index in [4.69, 9.17) is 0 Å². The number of aromatic amines is 1. The smallest absolute Gasteiger partial charge is 0.313 e. The number of rotatable bonds is 7. The molecule has 2 heterocycles. The summed E-state index contributed by atoms with van der Waals surface area (Å²) in [7, 11) is -3.86. The number of benzene rings is 1. The zero-order valence-electron chi connectivity index (χ0n) is 14.8. The first-order valence-electron chi connectivity index (χ1n) is 8.80. The highest BCUT2D eigenvalue weighted by Crippen LogP contribution is 2.38. The third-order valence-electron chi connectivity index (χ3n) is 5.22. The van der Waals surface area contributed by atoms with E-state index in [0.717, 1.165) is 9.87 Å². The van der Waals surface area contributed by atoms with Crippen molar-refractivity contribution < 1.29 is 23.4 Å². The maximum atomic E-state index is 12.8. The van der Waals surface area contributed by atoms with Crippen LogP contribution in [0, 0.1) is 5.41 Å². The average Bonchev–Trinajstić information content (AvgIpc) is 3.19. The minimum atomic E-state index is -3.86. The number of piperidine rings is 1. The van der Waals surface area contributed by atoms with Gasteiger partial charge in [-0.25, -0.2) is 8.42 Å². The summed E-state index contributed by atoms with van der Waals surface area (Å²) in [4.78, 5) is 12.1. The van der Waals surface area contributed by atoms with Gasteiger partial charge in [0.15, 0.2) is 0 Å². The first-order valence-corrected chi connectivity index (χ1v) is 10.2. The molecule has 0 radical (unpaired) electrons. The molecule has 2 atom stereocenters. The molecule has 1 aliphatic rings. The van der Waals surface area contributed by atoms with Crippen molar-refractivity contribution in [2.24, 2.45) is 5.41 Å². The number of aryl methyl sites for hydroxylation is 1. The van der Waals surface area contributed by atoms with E-state index in [9.17, 15) is 23.4 Å². The lowest BCUT2D eigenvalue weighted by Crippen LogP contribution is -2.57. The number of carboxylic acid groups (broad SMARTS) is 1. The molecule has 0 bridgehead atoms. The SMILES string of the molecule is O=C(O)[C@]1(CCCc2ccccc2)CN(S(=O)(=O)c2cn[nH]c2)CC[C@H]1O. The van der Waals surface area contributed by atoms with Crippen LogP contribution in [0.15, 0.2) is 47.6 Å². The quantitative estimate of drug-likeness (QED) is 0.651. The van der Waals surface area contributed by atoms with Crippen molar-refractivity contribution in [2.45, 2.75) is 36.7 Å². The van der Waals surface area contributed by atoms with E-state index in [2.05, 4.69) is 10.2 Å². The highest BCUT2D eigenvalue weighted by Gasteiger charge is 2.51. The molecule has 0 aliphatic carbocycles. The molecule has 9 heteroatoms. The second-order valence-corrected chi connectivity index (χ2v) is 8.82. The highest BCUT2D eigenvalue weighted by molar-refractivity contribution is 7.89. The monoisotopic (exact) mass is 393 g/mol. The maximum Gasteiger partial charge on any atom is 0.313 e. The fourth-order valence-corrected chi connectivity index (χ4v) is 5.02. The van der Waals surface area contributed by atoms with E-state index in [1.807, 2.05) is 30.3 Å². The Bertz CT molecular complexity index is 870. The van der Waals surface area contributed by atoms with E-state index in [1.54, 1.807) is 0 Å². The van der Waals surface area contributed by atoms with Crippen molar-refractivity contribution in [1.82, 2.24) is 14.5 Å². The zero-order valence-corrected chi connectivity index (χ0v) is 15.6. The number of hydrogen-bond donors (Lipinski definition) is 3. The molecule has 0 saturated carbocycles. The molecule has 0 spiro atoms. The van der Waals surface area contributed by atoms with Gasteiger partial charge in [-0.2, -0.15) is 9.40 Å². The van der Waals surface area contributed by atoms with Crippen molar-refractivity contribution in [3.05, 3.63) is 48.3 Å². The van der Waals surface area contributed by atoms with Crippen LogP contribution in [0.4, 0.5) is 0 Å². The number of aliphatic hydroxyl groups is 1. The third-order valence-corrected chi connectivity index (χ3v) is 7.03. The topological polar surface area (TPSA) is 124 Å². The fraction of sp³-hybridized carbons (Fsp3) is 0.444. The van der Waals surface area contributed by atoms with E-state index >= 15 is 0 Å². The highest BCUT2D eigenvalue weighted by atomic mass is 32.2. The Morgan fingerprint density at radius 1 is 1.33 bits per heavy atom. The van der Waals surface area contributed by atoms with Gasteiger partial charge in [0.1, 0.15) is 10.3 Å². The number of nitrogens with zero attached hydrogens (tertiary/aromatic N) is 2. The molecule has 0 amide bonds. The number of nitrogens with one attached hydrogen (secondary N) is 1. The third kappa shape index (κ3) is 3.90. The molecule has 1 aliphatic heterocycles. The molecule has 1 saturated heterocycles. The predicted octanol–water partition coefficient (Wildman–Crippen LogP) is 1.26. The predicted molar refractivity (Wildman–Crippen MR) is 97.4 cm³/mol. The van der Waals surface area contributed by atoms with Gasteiger partial charge in [0.2, 0.25) is 10.0 Å². The minimum Gasteiger partial charge on any atom is -0.481 e. The summed E-state index contributed by atoms with van der Waals surface area (Å²) < 4.78 is 26.6. The van der Waals surface area contributed by atoms with Gasteiger partial charge in [-0.15, -0.1) is 0 Å². The summed E-state index contributed by atoms with van der Waals surface area (Å²) in [5.41, 5.74) is -0.449. The minimum absolute atomic E-state index is 0.0116. The number of carboxylic acids is 1. The molecule has 2 aromatic rings. The standard InChI is InChI=1S/C18H23N3O5S/c22-16-8-10-21(27(25,26)15-11-19-20-12-15)13-18(16,17(23)24)9-4-7-14-5-2-1-3-6-14/h1-3,5-6,11-12,16,22H,4,7-10,13H2,(H,19,20)(H,23,24)/t16-,18-/m1/s1. The van der Waals surface area contributed by atoms with E-state index in [1.165, 1.54) is 12.4 Å². The number of H-pyrrole nitrogens is 1. The van der Waals surface area contributed by atoms with E-state index in [-0.39, 0.29) is 30.8 Å². The van der Waals surface area contributed by atoms with Gasteiger partial charge in [0, 0.05) is 19.3 Å². The zero-order chi connectivity index (χ0) is 19.5. The lowest BCUT2D eigenvalue weighted by molar-refractivity contribution is -0.161. The molecule has 1 aromatic carbocycles. The van der Waals surface area contributed by atoms with Crippen LogP contribution in [-0.4, -0.2) is 58.3 Å². The van der Waals surface area contributed by atoms with Crippen molar-refractivity contribution >= 4 is 16.0 Å². The molecule has 3 rings (SSSR count). The van der Waals surface area contributed by atoms with Crippen LogP contribution in [0.2, 0.25) is 0 Å². The van der Waals surface area contributed by atoms with Gasteiger partial charge < -0.3 is 10.2 Å². The Labute approximate surface area is 157 Å². The van der Waals surface area contributed by atoms with Gasteiger partial charge in [-0.3, -0.25) is 9.89 Å². The van der Waals surface area contributed by atoms with Gasteiger partial charge >= 0.3 is 5.97 Å². The molecule has 0 unspecified atom stereocenters. The second-order valence-electron chi connectivity index (χ2n) is 6.88. The van der Waals surface area contributed by atoms with Crippen LogP contribution in [0.5, 0.6) is 0 Å². The maximum absolute atomic E-state index is 12.8. The Morgan fingerprint density at radius 3 is 2.70 bits per heavy atom. The van der Waals surface area contributed by atoms with Gasteiger partial charge in [0.25, 0.3) is 0 Å². The molecule has 8 nitrogen and oxygen atoms in total. The van der Waals surface area contributed by atoms with Gasteiger partial charge in [-0.05, 0) is 31.2 Å². The Morgan fingerprint density at radius 2 is 2.07 bits per heavy atom. The Kier molecular flexibility index (Phi) is 5.64. The number of carbonyl (C=O) groups is 1. The lowest BCUT2D eigenvalue weighted by atomic mass is 9.74. The molecule has 1 aromatic heterocycles. The van der Waals surface area contributed by atoms with Crippen molar-refractivity contribution in [3.63, 3.8) is 0 Å². The molecule has 27 heavy (non-hydrogen) atoms. The van der Waals surface area contributed by atoms with Crippen molar-refractivity contribution in [3.8, 4) is 0 Å². The Balaban J connectivity index is 1.78. The Hall–Kier alpha value is -2.23. The van der Waals surface area contributed by atoms with Crippen molar-refractivity contribution in [1.29, 1.82) is 0 Å². The largest absolute Gasteiger partial charge is 0.481 e. The summed E-state index contributed by atoms with van der Waals surface area (Å²) in [5.74, 6) is -1.17. The molecule has 1 fully saturated rings. The summed E-state index contributed by atoms with van der Waals surface area (Å²) in [5, 5.41) is 26.5. The fourth-order valence-electron chi connectivity index (χ4n) is 3.59. The van der Waals surface area contributed by atoms with Crippen molar-refractivity contribution in [2.75, 3.05) is 13.1 Å². The summed E-state index contributed by atoms with van der Waals surface area (Å²) in [6, 6.07) is 9.65. The van der Waals surface area contributed by atoms with E-state index < -0.39 is 27.5 Å². The molecular weight excluding hydrogens is 370 g/mol. The van der Waals surface area contributed by atoms with Gasteiger partial charge in [0.05, 0.1) is 12.3 Å². The van der Waals surface area contributed by atoms with E-state index in [0.29, 0.717) is 12.8 Å². The number of aliphatic carboxylic acids is 1. The normalized spacial score (nSPS) is 24.0. The molecule has 3 N–H and O–H groups in total. The van der Waals surface area contributed by atoms with Crippen LogP contribution >= 0.6 is 0 Å². The average molecular weight is 393 g/mol.